The lowest BCUT2D eigenvalue weighted by atomic mass is 9.96. The summed E-state index contributed by atoms with van der Waals surface area (Å²) in [6.45, 7) is 14.3. The van der Waals surface area contributed by atoms with E-state index in [0.717, 1.165) is 41.5 Å². The quantitative estimate of drug-likeness (QED) is 0.154. The van der Waals surface area contributed by atoms with Crippen LogP contribution in [-0.2, 0) is 30.3 Å². The fraction of sp³-hybridized carbons (Fsp3) is 0.447. The predicted molar refractivity (Wildman–Crippen MR) is 226 cm³/mol. The molecule has 0 radical (unpaired) electrons. The summed E-state index contributed by atoms with van der Waals surface area (Å²) in [5.41, 5.74) is 5.60. The number of aliphatic hydroxyl groups is 1. The van der Waals surface area contributed by atoms with Gasteiger partial charge in [-0.25, -0.2) is 4.79 Å². The van der Waals surface area contributed by atoms with Crippen molar-refractivity contribution in [2.45, 2.75) is 98.6 Å². The molecule has 1 aliphatic rings. The van der Waals surface area contributed by atoms with Gasteiger partial charge in [-0.05, 0) is 70.9 Å². The van der Waals surface area contributed by atoms with Crippen LogP contribution in [0.5, 0.6) is 0 Å². The molecule has 0 spiro atoms. The monoisotopic (exact) mass is 754 g/mol. The minimum atomic E-state index is -0.730. The second-order valence-corrected chi connectivity index (χ2v) is 14.4. The molecule has 0 unspecified atom stereocenters. The Morgan fingerprint density at radius 3 is 2.35 bits per heavy atom. The van der Waals surface area contributed by atoms with Crippen molar-refractivity contribution in [3.8, 4) is 0 Å². The van der Waals surface area contributed by atoms with Crippen molar-refractivity contribution in [1.82, 2.24) is 10.6 Å². The molecule has 1 aliphatic heterocycles. The fourth-order valence-corrected chi connectivity index (χ4v) is 5.83. The smallest absolute Gasteiger partial charge is 0.334 e. The lowest BCUT2D eigenvalue weighted by molar-refractivity contribution is -0.144. The molecule has 0 saturated heterocycles. The average molecular weight is 755 g/mol. The minimum absolute atomic E-state index is 0.00107. The van der Waals surface area contributed by atoms with Crippen LogP contribution < -0.4 is 10.6 Å². The third kappa shape index (κ3) is 19.2. The van der Waals surface area contributed by atoms with Gasteiger partial charge in [0.05, 0.1) is 18.8 Å². The van der Waals surface area contributed by atoms with E-state index in [-0.39, 0.29) is 42.5 Å². The normalized spacial score (nSPS) is 28.7. The molecule has 1 aromatic carbocycles. The lowest BCUT2D eigenvalue weighted by Crippen LogP contribution is -2.46. The Morgan fingerprint density at radius 1 is 0.945 bits per heavy atom. The Labute approximate surface area is 331 Å². The summed E-state index contributed by atoms with van der Waals surface area (Å²) in [6.07, 6.45) is 28.4. The van der Waals surface area contributed by atoms with E-state index in [1.54, 1.807) is 21.1 Å². The van der Waals surface area contributed by atoms with Crippen LogP contribution in [0.15, 0.2) is 137 Å². The van der Waals surface area contributed by atoms with Gasteiger partial charge in [-0.15, -0.1) is 0 Å². The van der Waals surface area contributed by atoms with Crippen molar-refractivity contribution in [2.24, 2.45) is 11.8 Å². The highest BCUT2D eigenvalue weighted by molar-refractivity contribution is 5.88. The number of amides is 1. The van der Waals surface area contributed by atoms with Crippen LogP contribution in [0, 0.1) is 11.8 Å². The number of aliphatic hydroxyl groups excluding tert-OH is 1. The standard InChI is InChI=1S/C47H66N2O6/c1-34-17-15-23-42(53-8)22-14-13-19-38(5)45(55-47(52)40(7)29-35(2)25-26-36(3)30-43(54-9)24-16-18-34)39(6)28-27-37(4)31-49-46(51)44(33-50)48-32-41-20-11-10-12-21-41/h10-14,16-22,25-30,35,38,42-45,48,50H,15,23-24,31-33H2,1-9H3,(H,49,51)/b18-16+,19-13+,22-14+,26-25+,34-17-,36-30+,37-27+,39-28+,40-29+/t35-,38+,42-,43+,44+,45+/m1/s1. The Hall–Kier alpha value is -4.34. The molecule has 1 amide bonds. The number of cyclic esters (lactones) is 1. The van der Waals surface area contributed by atoms with Crippen LogP contribution >= 0.6 is 0 Å². The van der Waals surface area contributed by atoms with Gasteiger partial charge >= 0.3 is 5.97 Å². The maximum Gasteiger partial charge on any atom is 0.334 e. The van der Waals surface area contributed by atoms with Crippen LogP contribution in [0.4, 0.5) is 0 Å². The summed E-state index contributed by atoms with van der Waals surface area (Å²) >= 11 is 0. The number of hydrogen-bond acceptors (Lipinski definition) is 7. The first-order chi connectivity index (χ1) is 26.4. The second kappa shape index (κ2) is 26.5. The highest BCUT2D eigenvalue weighted by Gasteiger charge is 2.23. The number of allylic oxidation sites excluding steroid dienone is 11. The van der Waals surface area contributed by atoms with Gasteiger partial charge < -0.3 is 24.6 Å². The number of hydrogen-bond donors (Lipinski definition) is 3. The number of esters is 1. The summed E-state index contributed by atoms with van der Waals surface area (Å²) in [7, 11) is 3.44. The van der Waals surface area contributed by atoms with Gasteiger partial charge in [-0.1, -0.05) is 140 Å². The molecule has 3 N–H and O–H groups in total. The summed E-state index contributed by atoms with van der Waals surface area (Å²) in [4.78, 5) is 26.3. The second-order valence-electron chi connectivity index (χ2n) is 14.4. The highest BCUT2D eigenvalue weighted by atomic mass is 16.5. The molecule has 2 rings (SSSR count). The fourth-order valence-electron chi connectivity index (χ4n) is 5.83. The van der Waals surface area contributed by atoms with Crippen molar-refractivity contribution in [1.29, 1.82) is 0 Å². The minimum Gasteiger partial charge on any atom is -0.454 e. The number of nitrogens with one attached hydrogen (secondary N) is 2. The van der Waals surface area contributed by atoms with E-state index >= 15 is 0 Å². The van der Waals surface area contributed by atoms with E-state index in [2.05, 4.69) is 60.9 Å². The number of carbonyl (C=O) groups excluding carboxylic acids is 2. The van der Waals surface area contributed by atoms with Crippen LogP contribution in [0.1, 0.15) is 73.3 Å². The third-order valence-electron chi connectivity index (χ3n) is 9.30. The number of rotatable bonds is 11. The van der Waals surface area contributed by atoms with Crippen molar-refractivity contribution in [3.05, 3.63) is 143 Å². The van der Waals surface area contributed by atoms with Crippen molar-refractivity contribution in [3.63, 3.8) is 0 Å². The molecule has 1 aromatic rings. The Balaban J connectivity index is 2.30. The molecule has 0 bridgehead atoms. The SMILES string of the molecule is CO[C@@H]1/C=C(C)/C=C/[C@@H](C)/C=C(\C)C(=O)O[C@H](/C(C)=C/C=C(\C)CNC(=O)[C@H](CO)NCc2ccccc2)[C@@H](C)/C=C/C=C/[C@@H](OC)CC/C=C(C)\C=C\C1. The molecular weight excluding hydrogens is 689 g/mol. The molecular formula is C47H66N2O6. The Kier molecular flexibility index (Phi) is 22.5. The topological polar surface area (TPSA) is 106 Å². The van der Waals surface area contributed by atoms with E-state index in [0.29, 0.717) is 18.7 Å². The number of methoxy groups -OCH3 is 2. The Morgan fingerprint density at radius 2 is 1.65 bits per heavy atom. The zero-order chi connectivity index (χ0) is 40.6. The summed E-state index contributed by atoms with van der Waals surface area (Å²) in [6, 6.07) is 9.00. The van der Waals surface area contributed by atoms with Gasteiger partial charge in [0.15, 0.2) is 0 Å². The van der Waals surface area contributed by atoms with Gasteiger partial charge in [0.1, 0.15) is 12.1 Å². The van der Waals surface area contributed by atoms with Crippen molar-refractivity contribution < 1.29 is 28.9 Å². The van der Waals surface area contributed by atoms with Crippen LogP contribution in [0.2, 0.25) is 0 Å². The molecule has 8 heteroatoms. The first-order valence-electron chi connectivity index (χ1n) is 19.4. The summed E-state index contributed by atoms with van der Waals surface area (Å²) < 4.78 is 17.6. The van der Waals surface area contributed by atoms with Gasteiger partial charge in [0, 0.05) is 38.8 Å². The van der Waals surface area contributed by atoms with Gasteiger partial charge in [0.2, 0.25) is 5.91 Å². The maximum absolute atomic E-state index is 13.5. The first kappa shape index (κ1) is 46.8. The lowest BCUT2D eigenvalue weighted by Gasteiger charge is -2.23. The van der Waals surface area contributed by atoms with Crippen molar-refractivity contribution in [2.75, 3.05) is 27.4 Å². The zero-order valence-electron chi connectivity index (χ0n) is 34.6. The molecule has 8 nitrogen and oxygen atoms in total. The van der Waals surface area contributed by atoms with Crippen LogP contribution in [0.25, 0.3) is 0 Å². The molecule has 0 aliphatic carbocycles. The number of ether oxygens (including phenoxy) is 3. The van der Waals surface area contributed by atoms with E-state index in [9.17, 15) is 14.7 Å². The number of benzene rings is 1. The van der Waals surface area contributed by atoms with Crippen LogP contribution in [-0.4, -0.2) is 68.7 Å². The van der Waals surface area contributed by atoms with Crippen molar-refractivity contribution >= 4 is 11.9 Å². The van der Waals surface area contributed by atoms with E-state index < -0.39 is 12.1 Å². The molecule has 55 heavy (non-hydrogen) atoms. The van der Waals surface area contributed by atoms with E-state index in [1.807, 2.05) is 101 Å². The molecule has 300 valence electrons. The third-order valence-corrected chi connectivity index (χ3v) is 9.30. The predicted octanol–water partition coefficient (Wildman–Crippen LogP) is 8.61. The van der Waals surface area contributed by atoms with Gasteiger partial charge in [-0.3, -0.25) is 10.1 Å². The summed E-state index contributed by atoms with van der Waals surface area (Å²) in [5.74, 6) is -0.803. The zero-order valence-corrected chi connectivity index (χ0v) is 34.6. The average Bonchev–Trinajstić information content (AvgIpc) is 3.17. The Bertz CT molecular complexity index is 1610. The number of carbonyl (C=O) groups is 2. The van der Waals surface area contributed by atoms with Gasteiger partial charge in [-0.2, -0.15) is 0 Å². The van der Waals surface area contributed by atoms with E-state index in [4.69, 9.17) is 14.2 Å². The largest absolute Gasteiger partial charge is 0.454 e. The van der Waals surface area contributed by atoms with E-state index in [1.165, 1.54) is 5.57 Å². The van der Waals surface area contributed by atoms with Crippen LogP contribution in [0.3, 0.4) is 0 Å². The molecule has 0 saturated carbocycles. The summed E-state index contributed by atoms with van der Waals surface area (Å²) in [5, 5.41) is 15.9. The highest BCUT2D eigenvalue weighted by Crippen LogP contribution is 2.21. The molecule has 6 atom stereocenters. The van der Waals surface area contributed by atoms with Gasteiger partial charge in [0.25, 0.3) is 0 Å². The molecule has 0 fully saturated rings. The maximum atomic E-state index is 13.5. The molecule has 0 aromatic heterocycles. The molecule has 1 heterocycles. The first-order valence-corrected chi connectivity index (χ1v) is 19.4.